The van der Waals surface area contributed by atoms with Gasteiger partial charge in [-0.15, -0.1) is 21.5 Å². The van der Waals surface area contributed by atoms with Crippen LogP contribution in [-0.4, -0.2) is 70.7 Å². The Bertz CT molecular complexity index is 756. The summed E-state index contributed by atoms with van der Waals surface area (Å²) in [5.74, 6) is 2.51. The fourth-order valence-corrected chi connectivity index (χ4v) is 4.76. The summed E-state index contributed by atoms with van der Waals surface area (Å²) < 4.78 is 2.04. The molecule has 0 spiro atoms. The van der Waals surface area contributed by atoms with E-state index in [9.17, 15) is 4.79 Å². The molecule has 1 saturated heterocycles. The van der Waals surface area contributed by atoms with E-state index in [-0.39, 0.29) is 5.91 Å². The van der Waals surface area contributed by atoms with Gasteiger partial charge in [0, 0.05) is 50.6 Å². The first kappa shape index (κ1) is 17.6. The van der Waals surface area contributed by atoms with Crippen molar-refractivity contribution >= 4 is 17.2 Å². The van der Waals surface area contributed by atoms with Crippen LogP contribution in [0.1, 0.15) is 21.3 Å². The number of carbonyl (C=O) groups is 1. The summed E-state index contributed by atoms with van der Waals surface area (Å²) >= 11 is 1.82. The quantitative estimate of drug-likeness (QED) is 0.815. The summed E-state index contributed by atoms with van der Waals surface area (Å²) in [7, 11) is 3.99. The van der Waals surface area contributed by atoms with Crippen molar-refractivity contribution < 1.29 is 4.79 Å². The first-order valence-electron chi connectivity index (χ1n) is 9.20. The fourth-order valence-electron chi connectivity index (χ4n) is 4.01. The van der Waals surface area contributed by atoms with E-state index in [4.69, 9.17) is 0 Å². The van der Waals surface area contributed by atoms with E-state index in [2.05, 4.69) is 37.9 Å². The molecule has 0 bridgehead atoms. The Morgan fingerprint density at radius 1 is 1.31 bits per heavy atom. The molecule has 4 heterocycles. The number of nitrogens with one attached hydrogen (secondary N) is 1. The molecule has 1 fully saturated rings. The van der Waals surface area contributed by atoms with Crippen molar-refractivity contribution in [3.05, 3.63) is 34.0 Å². The van der Waals surface area contributed by atoms with Crippen LogP contribution in [0, 0.1) is 11.8 Å². The van der Waals surface area contributed by atoms with Gasteiger partial charge in [0.2, 0.25) is 5.82 Å². The highest BCUT2D eigenvalue weighted by Gasteiger charge is 2.39. The van der Waals surface area contributed by atoms with Crippen molar-refractivity contribution in [3.8, 4) is 0 Å². The lowest BCUT2D eigenvalue weighted by Crippen LogP contribution is -2.35. The molecule has 4 rings (SSSR count). The number of nitrogens with zero attached hydrogens (tertiary/aromatic N) is 5. The molecule has 26 heavy (non-hydrogen) atoms. The number of hydrogen-bond donors (Lipinski definition) is 1. The minimum atomic E-state index is -0.113. The molecular formula is C18H26N6OS. The summed E-state index contributed by atoms with van der Waals surface area (Å²) in [5, 5.41) is 13.6. The Kier molecular flexibility index (Phi) is 5.06. The van der Waals surface area contributed by atoms with E-state index >= 15 is 0 Å². The monoisotopic (exact) mass is 374 g/mol. The number of likely N-dealkylation sites (N-methyl/N-ethyl adjacent to an activating group) is 1. The number of rotatable bonds is 6. The van der Waals surface area contributed by atoms with Crippen LogP contribution in [0.3, 0.4) is 0 Å². The maximum atomic E-state index is 12.5. The lowest BCUT2D eigenvalue weighted by molar-refractivity contribution is 0.0932. The van der Waals surface area contributed by atoms with Gasteiger partial charge in [0.15, 0.2) is 0 Å². The van der Waals surface area contributed by atoms with Gasteiger partial charge in [0.05, 0.1) is 0 Å². The molecular weight excluding hydrogens is 348 g/mol. The molecule has 2 aromatic heterocycles. The van der Waals surface area contributed by atoms with Gasteiger partial charge in [-0.3, -0.25) is 9.69 Å². The van der Waals surface area contributed by atoms with Gasteiger partial charge >= 0.3 is 0 Å². The lowest BCUT2D eigenvalue weighted by Gasteiger charge is -2.25. The molecule has 2 aliphatic heterocycles. The van der Waals surface area contributed by atoms with Crippen molar-refractivity contribution in [1.29, 1.82) is 0 Å². The highest BCUT2D eigenvalue weighted by molar-refractivity contribution is 7.09. The van der Waals surface area contributed by atoms with Crippen molar-refractivity contribution in [3.63, 3.8) is 0 Å². The third kappa shape index (κ3) is 3.67. The van der Waals surface area contributed by atoms with E-state index in [1.807, 2.05) is 34.9 Å². The third-order valence-corrected chi connectivity index (χ3v) is 6.21. The molecule has 1 amide bonds. The molecule has 0 aromatic carbocycles. The van der Waals surface area contributed by atoms with Crippen LogP contribution in [0.4, 0.5) is 0 Å². The Morgan fingerprint density at radius 2 is 2.15 bits per heavy atom. The summed E-state index contributed by atoms with van der Waals surface area (Å²) in [6, 6.07) is 4.32. The smallest absolute Gasteiger partial charge is 0.289 e. The number of aromatic nitrogens is 3. The van der Waals surface area contributed by atoms with Gasteiger partial charge in [-0.1, -0.05) is 6.07 Å². The highest BCUT2D eigenvalue weighted by Crippen LogP contribution is 2.33. The summed E-state index contributed by atoms with van der Waals surface area (Å²) in [4.78, 5) is 18.5. The number of carbonyl (C=O) groups excluding carboxylic acids is 1. The molecule has 1 N–H and O–H groups in total. The summed E-state index contributed by atoms with van der Waals surface area (Å²) in [6.45, 7) is 5.51. The molecule has 2 aromatic rings. The Hall–Kier alpha value is -1.77. The minimum absolute atomic E-state index is 0.113. The molecule has 0 aliphatic carbocycles. The van der Waals surface area contributed by atoms with Crippen molar-refractivity contribution in [2.75, 3.05) is 40.3 Å². The van der Waals surface area contributed by atoms with Gasteiger partial charge < -0.3 is 14.8 Å². The van der Waals surface area contributed by atoms with Crippen molar-refractivity contribution in [2.45, 2.75) is 19.5 Å². The second-order valence-corrected chi connectivity index (χ2v) is 8.64. The van der Waals surface area contributed by atoms with Crippen LogP contribution in [0.2, 0.25) is 0 Å². The zero-order valence-corrected chi connectivity index (χ0v) is 16.2. The van der Waals surface area contributed by atoms with Gasteiger partial charge in [0.1, 0.15) is 5.82 Å². The molecule has 0 radical (unpaired) electrons. The summed E-state index contributed by atoms with van der Waals surface area (Å²) in [6.07, 6.45) is 0.920. The van der Waals surface area contributed by atoms with E-state index in [0.717, 1.165) is 45.0 Å². The summed E-state index contributed by atoms with van der Waals surface area (Å²) in [5.41, 5.74) is 0. The molecule has 2 unspecified atom stereocenters. The predicted molar refractivity (Wildman–Crippen MR) is 101 cm³/mol. The zero-order chi connectivity index (χ0) is 18.1. The Labute approximate surface area is 158 Å². The van der Waals surface area contributed by atoms with E-state index in [1.54, 1.807) is 0 Å². The second kappa shape index (κ2) is 7.46. The second-order valence-electron chi connectivity index (χ2n) is 7.61. The van der Waals surface area contributed by atoms with Crippen LogP contribution in [-0.2, 0) is 19.5 Å². The molecule has 8 heteroatoms. The van der Waals surface area contributed by atoms with Crippen LogP contribution in [0.15, 0.2) is 17.5 Å². The first-order chi connectivity index (χ1) is 12.6. The molecule has 2 atom stereocenters. The van der Waals surface area contributed by atoms with Gasteiger partial charge in [0.25, 0.3) is 5.91 Å². The van der Waals surface area contributed by atoms with Crippen molar-refractivity contribution in [2.24, 2.45) is 11.8 Å². The standard InChI is InChI=1S/C18H26N6OS/c1-22(2)6-5-19-18(25)17-21-20-16-8-13-9-23(10-14(13)11-24(16)17)12-15-4-3-7-26-15/h3-4,7,13-14H,5-6,8-12H2,1-2H3,(H,19,25). The maximum absolute atomic E-state index is 12.5. The van der Waals surface area contributed by atoms with E-state index in [0.29, 0.717) is 24.2 Å². The number of thiophene rings is 1. The zero-order valence-electron chi connectivity index (χ0n) is 15.4. The number of likely N-dealkylation sites (tertiary alicyclic amines) is 1. The van der Waals surface area contributed by atoms with E-state index < -0.39 is 0 Å². The molecule has 140 valence electrons. The van der Waals surface area contributed by atoms with Crippen molar-refractivity contribution in [1.82, 2.24) is 29.9 Å². The lowest BCUT2D eigenvalue weighted by atomic mass is 9.89. The number of amides is 1. The molecule has 0 saturated carbocycles. The Balaban J connectivity index is 1.39. The van der Waals surface area contributed by atoms with Crippen LogP contribution in [0.5, 0.6) is 0 Å². The average Bonchev–Trinajstić information content (AvgIpc) is 3.31. The van der Waals surface area contributed by atoms with Crippen LogP contribution < -0.4 is 5.32 Å². The van der Waals surface area contributed by atoms with Gasteiger partial charge in [-0.05, 0) is 37.4 Å². The normalized spacial score (nSPS) is 22.4. The largest absolute Gasteiger partial charge is 0.348 e. The first-order valence-corrected chi connectivity index (χ1v) is 10.1. The number of hydrogen-bond acceptors (Lipinski definition) is 6. The third-order valence-electron chi connectivity index (χ3n) is 5.35. The topological polar surface area (TPSA) is 66.3 Å². The number of fused-ring (bicyclic) bond motifs is 2. The van der Waals surface area contributed by atoms with Crippen LogP contribution in [0.25, 0.3) is 0 Å². The van der Waals surface area contributed by atoms with Gasteiger partial charge in [-0.2, -0.15) is 0 Å². The Morgan fingerprint density at radius 3 is 2.92 bits per heavy atom. The van der Waals surface area contributed by atoms with Crippen LogP contribution >= 0.6 is 11.3 Å². The predicted octanol–water partition coefficient (Wildman–Crippen LogP) is 0.935. The van der Waals surface area contributed by atoms with Gasteiger partial charge in [-0.25, -0.2) is 0 Å². The average molecular weight is 375 g/mol. The molecule has 2 aliphatic rings. The van der Waals surface area contributed by atoms with E-state index in [1.165, 1.54) is 4.88 Å². The fraction of sp³-hybridized carbons (Fsp3) is 0.611. The highest BCUT2D eigenvalue weighted by atomic mass is 32.1. The molecule has 7 nitrogen and oxygen atoms in total. The maximum Gasteiger partial charge on any atom is 0.289 e. The SMILES string of the molecule is CN(C)CCNC(=O)c1nnc2n1CC1CN(Cc3cccs3)CC1C2. The minimum Gasteiger partial charge on any atom is -0.348 e.